The minimum Gasteiger partial charge on any atom is -0.295 e. The van der Waals surface area contributed by atoms with E-state index < -0.39 is 0 Å². The maximum atomic E-state index is 8.99. The van der Waals surface area contributed by atoms with E-state index in [1.165, 1.54) is 31.5 Å². The normalized spacial score (nSPS) is 26.4. The highest BCUT2D eigenvalue weighted by atomic mass is 15.3. The molecule has 0 saturated carbocycles. The molecule has 3 nitrogen and oxygen atoms in total. The fourth-order valence-corrected chi connectivity index (χ4v) is 3.73. The van der Waals surface area contributed by atoms with Crippen LogP contribution in [0.25, 0.3) is 0 Å². The van der Waals surface area contributed by atoms with Crippen LogP contribution in [0.5, 0.6) is 0 Å². The van der Waals surface area contributed by atoms with Gasteiger partial charge in [-0.15, -0.1) is 6.58 Å². The Kier molecular flexibility index (Phi) is 3.86. The van der Waals surface area contributed by atoms with Crippen molar-refractivity contribution in [3.05, 3.63) is 48.0 Å². The number of hydrogen-bond donors (Lipinski definition) is 0. The third-order valence-corrected chi connectivity index (χ3v) is 4.61. The largest absolute Gasteiger partial charge is 0.295 e. The van der Waals surface area contributed by atoms with Crippen molar-refractivity contribution < 1.29 is 0 Å². The van der Waals surface area contributed by atoms with Gasteiger partial charge in [0.15, 0.2) is 0 Å². The number of nitrogens with zero attached hydrogens (tertiary/aromatic N) is 3. The van der Waals surface area contributed by atoms with Gasteiger partial charge < -0.3 is 0 Å². The van der Waals surface area contributed by atoms with E-state index in [1.54, 1.807) is 0 Å². The molecule has 2 aliphatic heterocycles. The average molecular weight is 267 g/mol. The van der Waals surface area contributed by atoms with Gasteiger partial charge >= 0.3 is 0 Å². The first kappa shape index (κ1) is 13.4. The molecular formula is C17H21N3. The molecule has 0 unspecified atom stereocenters. The van der Waals surface area contributed by atoms with Gasteiger partial charge in [-0.25, -0.2) is 0 Å². The fourth-order valence-electron chi connectivity index (χ4n) is 3.73. The van der Waals surface area contributed by atoms with E-state index in [9.17, 15) is 0 Å². The third-order valence-electron chi connectivity index (χ3n) is 4.61. The first-order valence-electron chi connectivity index (χ1n) is 7.40. The number of hydrogen-bond acceptors (Lipinski definition) is 3. The Bertz CT molecular complexity index is 531. The lowest BCUT2D eigenvalue weighted by Crippen LogP contribution is -2.36. The molecule has 1 aromatic carbocycles. The van der Waals surface area contributed by atoms with Crippen molar-refractivity contribution in [1.82, 2.24) is 9.80 Å². The molecule has 2 heterocycles. The van der Waals surface area contributed by atoms with Crippen LogP contribution >= 0.6 is 0 Å². The van der Waals surface area contributed by atoms with E-state index in [4.69, 9.17) is 5.26 Å². The molecule has 0 bridgehead atoms. The molecule has 104 valence electrons. The van der Waals surface area contributed by atoms with Crippen molar-refractivity contribution in [3.63, 3.8) is 0 Å². The molecule has 0 radical (unpaired) electrons. The van der Waals surface area contributed by atoms with E-state index >= 15 is 0 Å². The van der Waals surface area contributed by atoms with Gasteiger partial charge in [0.1, 0.15) is 0 Å². The van der Waals surface area contributed by atoms with Gasteiger partial charge in [-0.2, -0.15) is 5.26 Å². The van der Waals surface area contributed by atoms with E-state index in [0.717, 1.165) is 18.7 Å². The lowest BCUT2D eigenvalue weighted by atomic mass is 10.1. The Morgan fingerprint density at radius 3 is 2.75 bits per heavy atom. The SMILES string of the molecule is C=CCN1CC[C@@H]2[C@@H]1CCN2Cc1cccc(C#N)c1. The first-order valence-corrected chi connectivity index (χ1v) is 7.40. The number of fused-ring (bicyclic) bond motifs is 1. The molecule has 0 amide bonds. The smallest absolute Gasteiger partial charge is 0.0991 e. The van der Waals surface area contributed by atoms with Crippen LogP contribution in [0.4, 0.5) is 0 Å². The Balaban J connectivity index is 1.68. The van der Waals surface area contributed by atoms with Gasteiger partial charge in [-0.3, -0.25) is 9.80 Å². The molecular weight excluding hydrogens is 246 g/mol. The molecule has 2 atom stereocenters. The zero-order valence-corrected chi connectivity index (χ0v) is 11.8. The average Bonchev–Trinajstić information content (AvgIpc) is 3.04. The molecule has 0 spiro atoms. The minimum absolute atomic E-state index is 0.681. The summed E-state index contributed by atoms with van der Waals surface area (Å²) < 4.78 is 0. The summed E-state index contributed by atoms with van der Waals surface area (Å²) in [4.78, 5) is 5.15. The highest BCUT2D eigenvalue weighted by Crippen LogP contribution is 2.32. The van der Waals surface area contributed by atoms with Crippen LogP contribution in [0.3, 0.4) is 0 Å². The first-order chi connectivity index (χ1) is 9.81. The molecule has 0 aromatic heterocycles. The molecule has 3 rings (SSSR count). The van der Waals surface area contributed by atoms with Crippen LogP contribution < -0.4 is 0 Å². The lowest BCUT2D eigenvalue weighted by Gasteiger charge is -2.25. The second-order valence-corrected chi connectivity index (χ2v) is 5.78. The summed E-state index contributed by atoms with van der Waals surface area (Å²) in [5, 5.41) is 8.99. The maximum Gasteiger partial charge on any atom is 0.0991 e. The highest BCUT2D eigenvalue weighted by molar-refractivity contribution is 5.32. The zero-order valence-electron chi connectivity index (χ0n) is 11.8. The highest BCUT2D eigenvalue weighted by Gasteiger charge is 2.41. The van der Waals surface area contributed by atoms with Crippen molar-refractivity contribution in [2.45, 2.75) is 31.5 Å². The van der Waals surface area contributed by atoms with Gasteiger partial charge in [0.25, 0.3) is 0 Å². The topological polar surface area (TPSA) is 30.3 Å². The van der Waals surface area contributed by atoms with Gasteiger partial charge in [-0.05, 0) is 30.5 Å². The predicted octanol–water partition coefficient (Wildman–Crippen LogP) is 2.39. The molecule has 2 fully saturated rings. The standard InChI is InChI=1S/C17H21N3/c1-2-8-19-9-6-17-16(19)7-10-20(17)13-15-5-3-4-14(11-15)12-18/h2-5,11,16-17H,1,6-10,13H2/t16-,17+/m0/s1. The number of likely N-dealkylation sites (tertiary alicyclic amines) is 2. The van der Waals surface area contributed by atoms with Crippen LogP contribution in [-0.2, 0) is 6.54 Å². The molecule has 20 heavy (non-hydrogen) atoms. The predicted molar refractivity (Wildman–Crippen MR) is 80.1 cm³/mol. The minimum atomic E-state index is 0.681. The fraction of sp³-hybridized carbons (Fsp3) is 0.471. The summed E-state index contributed by atoms with van der Waals surface area (Å²) in [6.07, 6.45) is 4.54. The Hall–Kier alpha value is -1.63. The molecule has 3 heteroatoms. The summed E-state index contributed by atoms with van der Waals surface area (Å²) in [6, 6.07) is 11.6. The summed E-state index contributed by atoms with van der Waals surface area (Å²) >= 11 is 0. The number of benzene rings is 1. The second kappa shape index (κ2) is 5.78. The van der Waals surface area contributed by atoms with E-state index in [1.807, 2.05) is 24.3 Å². The van der Waals surface area contributed by atoms with Gasteiger partial charge in [0, 0.05) is 38.3 Å². The quantitative estimate of drug-likeness (QED) is 0.785. The Morgan fingerprint density at radius 2 is 2.00 bits per heavy atom. The lowest BCUT2D eigenvalue weighted by molar-refractivity contribution is 0.225. The van der Waals surface area contributed by atoms with Crippen LogP contribution in [0, 0.1) is 11.3 Å². The Morgan fingerprint density at radius 1 is 1.25 bits per heavy atom. The maximum absolute atomic E-state index is 8.99. The summed E-state index contributed by atoms with van der Waals surface area (Å²) in [7, 11) is 0. The second-order valence-electron chi connectivity index (χ2n) is 5.78. The summed E-state index contributed by atoms with van der Waals surface area (Å²) in [6.45, 7) is 8.20. The van der Waals surface area contributed by atoms with Crippen LogP contribution in [-0.4, -0.2) is 41.5 Å². The molecule has 2 saturated heterocycles. The van der Waals surface area contributed by atoms with Crippen LogP contribution in [0.2, 0.25) is 0 Å². The third kappa shape index (κ3) is 2.49. The number of rotatable bonds is 4. The molecule has 1 aromatic rings. The summed E-state index contributed by atoms with van der Waals surface area (Å²) in [5.41, 5.74) is 2.02. The van der Waals surface area contributed by atoms with Crippen LogP contribution in [0.1, 0.15) is 24.0 Å². The number of nitriles is 1. The van der Waals surface area contributed by atoms with Gasteiger partial charge in [0.05, 0.1) is 11.6 Å². The molecule has 0 N–H and O–H groups in total. The summed E-state index contributed by atoms with van der Waals surface area (Å²) in [5.74, 6) is 0. The van der Waals surface area contributed by atoms with Crippen LogP contribution in [0.15, 0.2) is 36.9 Å². The Labute approximate surface area is 121 Å². The zero-order chi connectivity index (χ0) is 13.9. The van der Waals surface area contributed by atoms with E-state index in [0.29, 0.717) is 12.1 Å². The van der Waals surface area contributed by atoms with Gasteiger partial charge in [-0.1, -0.05) is 18.2 Å². The molecule has 2 aliphatic rings. The monoisotopic (exact) mass is 267 g/mol. The van der Waals surface area contributed by atoms with Gasteiger partial charge in [0.2, 0.25) is 0 Å². The van der Waals surface area contributed by atoms with E-state index in [2.05, 4.69) is 28.5 Å². The molecule has 0 aliphatic carbocycles. The van der Waals surface area contributed by atoms with Crippen molar-refractivity contribution >= 4 is 0 Å². The van der Waals surface area contributed by atoms with Crippen molar-refractivity contribution in [2.75, 3.05) is 19.6 Å². The van der Waals surface area contributed by atoms with Crippen molar-refractivity contribution in [3.8, 4) is 6.07 Å². The van der Waals surface area contributed by atoms with E-state index in [-0.39, 0.29) is 0 Å². The van der Waals surface area contributed by atoms with Crippen molar-refractivity contribution in [1.29, 1.82) is 5.26 Å². The van der Waals surface area contributed by atoms with Crippen molar-refractivity contribution in [2.24, 2.45) is 0 Å².